The minimum Gasteiger partial charge on any atom is -0.481 e. The van der Waals surface area contributed by atoms with E-state index in [4.69, 9.17) is 5.11 Å². The van der Waals surface area contributed by atoms with Gasteiger partial charge in [0.2, 0.25) is 5.91 Å². The van der Waals surface area contributed by atoms with Crippen molar-refractivity contribution in [1.29, 1.82) is 0 Å². The van der Waals surface area contributed by atoms with Crippen LogP contribution in [0.5, 0.6) is 0 Å². The summed E-state index contributed by atoms with van der Waals surface area (Å²) in [6.45, 7) is 2.36. The topological polar surface area (TPSA) is 97.1 Å². The maximum Gasteiger partial charge on any atom is 0.303 e. The number of rotatable bonds is 7. The Morgan fingerprint density at radius 2 is 2.00 bits per heavy atom. The standard InChI is InChI=1S/C15H18N4O3/c1-11(7-15(21)22)6-14(20)18-13-4-2-12(3-5-13)8-19-10-16-9-17-19/h2-5,9-11H,6-8H2,1H3,(H,18,20)(H,21,22). The number of aromatic nitrogens is 3. The van der Waals surface area contributed by atoms with Crippen LogP contribution in [0.25, 0.3) is 0 Å². The molecule has 2 N–H and O–H groups in total. The highest BCUT2D eigenvalue weighted by Crippen LogP contribution is 2.13. The number of hydrogen-bond donors (Lipinski definition) is 2. The average Bonchev–Trinajstić information content (AvgIpc) is 2.92. The molecule has 0 aliphatic rings. The first-order chi connectivity index (χ1) is 10.5. The highest BCUT2D eigenvalue weighted by molar-refractivity contribution is 5.91. The zero-order valence-electron chi connectivity index (χ0n) is 12.3. The van der Waals surface area contributed by atoms with Gasteiger partial charge in [0.25, 0.3) is 0 Å². The summed E-state index contributed by atoms with van der Waals surface area (Å²) < 4.78 is 1.71. The first kappa shape index (κ1) is 15.7. The van der Waals surface area contributed by atoms with E-state index in [9.17, 15) is 9.59 Å². The van der Waals surface area contributed by atoms with Crippen molar-refractivity contribution in [1.82, 2.24) is 14.8 Å². The lowest BCUT2D eigenvalue weighted by Gasteiger charge is -2.10. The van der Waals surface area contributed by atoms with Gasteiger partial charge in [-0.3, -0.25) is 9.59 Å². The molecule has 2 aromatic rings. The van der Waals surface area contributed by atoms with Crippen molar-refractivity contribution in [3.05, 3.63) is 42.5 Å². The van der Waals surface area contributed by atoms with Crippen molar-refractivity contribution in [2.24, 2.45) is 5.92 Å². The Balaban J connectivity index is 1.85. The molecule has 1 aromatic carbocycles. The number of hydrogen-bond acceptors (Lipinski definition) is 4. The van der Waals surface area contributed by atoms with Gasteiger partial charge in [-0.25, -0.2) is 9.67 Å². The number of nitrogens with zero attached hydrogens (tertiary/aromatic N) is 3. The Morgan fingerprint density at radius 3 is 2.59 bits per heavy atom. The Bertz CT molecular complexity index is 623. The molecule has 22 heavy (non-hydrogen) atoms. The van der Waals surface area contributed by atoms with Gasteiger partial charge in [0.15, 0.2) is 0 Å². The van der Waals surface area contributed by atoms with Gasteiger partial charge in [0.05, 0.1) is 6.54 Å². The van der Waals surface area contributed by atoms with Crippen LogP contribution in [0.15, 0.2) is 36.9 Å². The highest BCUT2D eigenvalue weighted by atomic mass is 16.4. The molecule has 0 saturated carbocycles. The molecule has 2 rings (SSSR count). The second-order valence-electron chi connectivity index (χ2n) is 5.25. The third-order valence-corrected chi connectivity index (χ3v) is 3.11. The van der Waals surface area contributed by atoms with E-state index in [2.05, 4.69) is 15.4 Å². The number of benzene rings is 1. The molecule has 0 bridgehead atoms. The van der Waals surface area contributed by atoms with Crippen LogP contribution in [0, 0.1) is 5.92 Å². The van der Waals surface area contributed by atoms with Gasteiger partial charge in [-0.05, 0) is 23.6 Å². The summed E-state index contributed by atoms with van der Waals surface area (Å²) in [6, 6.07) is 7.42. The van der Waals surface area contributed by atoms with E-state index in [0.717, 1.165) is 5.56 Å². The van der Waals surface area contributed by atoms with E-state index >= 15 is 0 Å². The summed E-state index contributed by atoms with van der Waals surface area (Å²) in [5.74, 6) is -1.26. The third kappa shape index (κ3) is 5.01. The fourth-order valence-electron chi connectivity index (χ4n) is 2.09. The van der Waals surface area contributed by atoms with Crippen LogP contribution in [0.3, 0.4) is 0 Å². The molecular formula is C15H18N4O3. The molecule has 0 aliphatic heterocycles. The van der Waals surface area contributed by atoms with E-state index in [0.29, 0.717) is 12.2 Å². The fourth-order valence-corrected chi connectivity index (χ4v) is 2.09. The SMILES string of the molecule is CC(CC(=O)O)CC(=O)Nc1ccc(Cn2cncn2)cc1. The fraction of sp³-hybridized carbons (Fsp3) is 0.333. The number of carboxylic acid groups (broad SMARTS) is 1. The zero-order chi connectivity index (χ0) is 15.9. The largest absolute Gasteiger partial charge is 0.481 e. The first-order valence-corrected chi connectivity index (χ1v) is 6.96. The van der Waals surface area contributed by atoms with E-state index in [-0.39, 0.29) is 24.7 Å². The molecule has 0 radical (unpaired) electrons. The molecule has 1 unspecified atom stereocenters. The lowest BCUT2D eigenvalue weighted by Crippen LogP contribution is -2.17. The van der Waals surface area contributed by atoms with Crippen molar-refractivity contribution < 1.29 is 14.7 Å². The predicted octanol–water partition coefficient (Wildman–Crippen LogP) is 1.77. The molecular weight excluding hydrogens is 284 g/mol. The Kier molecular flexibility index (Phi) is 5.24. The van der Waals surface area contributed by atoms with E-state index < -0.39 is 5.97 Å². The van der Waals surface area contributed by atoms with Gasteiger partial charge in [-0.1, -0.05) is 19.1 Å². The zero-order valence-corrected chi connectivity index (χ0v) is 12.3. The molecule has 0 aliphatic carbocycles. The molecule has 1 atom stereocenters. The van der Waals surface area contributed by atoms with Crippen molar-refractivity contribution in [3.8, 4) is 0 Å². The van der Waals surface area contributed by atoms with Gasteiger partial charge >= 0.3 is 5.97 Å². The van der Waals surface area contributed by atoms with Crippen LogP contribution < -0.4 is 5.32 Å². The third-order valence-electron chi connectivity index (χ3n) is 3.11. The Hall–Kier alpha value is -2.70. The van der Waals surface area contributed by atoms with Gasteiger partial charge < -0.3 is 10.4 Å². The number of amides is 1. The molecule has 0 saturated heterocycles. The summed E-state index contributed by atoms with van der Waals surface area (Å²) in [7, 11) is 0. The van der Waals surface area contributed by atoms with Crippen LogP contribution in [0.4, 0.5) is 5.69 Å². The molecule has 7 heteroatoms. The number of nitrogens with one attached hydrogen (secondary N) is 1. The van der Waals surface area contributed by atoms with Crippen molar-refractivity contribution in [2.75, 3.05) is 5.32 Å². The number of carbonyl (C=O) groups is 2. The smallest absolute Gasteiger partial charge is 0.303 e. The summed E-state index contributed by atoms with van der Waals surface area (Å²) in [5.41, 5.74) is 1.73. The van der Waals surface area contributed by atoms with Crippen molar-refractivity contribution in [3.63, 3.8) is 0 Å². The Morgan fingerprint density at radius 1 is 1.27 bits per heavy atom. The molecule has 7 nitrogen and oxygen atoms in total. The van der Waals surface area contributed by atoms with E-state index in [1.165, 1.54) is 6.33 Å². The molecule has 1 heterocycles. The summed E-state index contributed by atoms with van der Waals surface area (Å²) in [6.07, 6.45) is 3.30. The molecule has 1 aromatic heterocycles. The van der Waals surface area contributed by atoms with Crippen LogP contribution in [-0.4, -0.2) is 31.7 Å². The second kappa shape index (κ2) is 7.35. The number of aliphatic carboxylic acids is 1. The normalized spacial score (nSPS) is 11.9. The minimum atomic E-state index is -0.891. The van der Waals surface area contributed by atoms with Gasteiger partial charge in [0.1, 0.15) is 12.7 Å². The predicted molar refractivity (Wildman–Crippen MR) is 80.2 cm³/mol. The summed E-state index contributed by atoms with van der Waals surface area (Å²) >= 11 is 0. The average molecular weight is 302 g/mol. The molecule has 0 fully saturated rings. The minimum absolute atomic E-state index is 0.00966. The molecule has 1 amide bonds. The van der Waals surface area contributed by atoms with E-state index in [1.807, 2.05) is 24.3 Å². The van der Waals surface area contributed by atoms with Crippen LogP contribution in [-0.2, 0) is 16.1 Å². The van der Waals surface area contributed by atoms with Gasteiger partial charge in [-0.2, -0.15) is 5.10 Å². The molecule has 116 valence electrons. The maximum absolute atomic E-state index is 11.8. The lowest BCUT2D eigenvalue weighted by atomic mass is 10.0. The van der Waals surface area contributed by atoms with Crippen LogP contribution in [0.1, 0.15) is 25.3 Å². The quantitative estimate of drug-likeness (QED) is 0.812. The van der Waals surface area contributed by atoms with E-state index in [1.54, 1.807) is 17.9 Å². The second-order valence-corrected chi connectivity index (χ2v) is 5.25. The first-order valence-electron chi connectivity index (χ1n) is 6.96. The van der Waals surface area contributed by atoms with Gasteiger partial charge in [0, 0.05) is 18.5 Å². The van der Waals surface area contributed by atoms with Crippen LogP contribution in [0.2, 0.25) is 0 Å². The number of carboxylic acids is 1. The van der Waals surface area contributed by atoms with Crippen LogP contribution >= 0.6 is 0 Å². The highest BCUT2D eigenvalue weighted by Gasteiger charge is 2.12. The maximum atomic E-state index is 11.8. The number of carbonyl (C=O) groups excluding carboxylic acids is 1. The van der Waals surface area contributed by atoms with Crippen molar-refractivity contribution >= 4 is 17.6 Å². The molecule has 0 spiro atoms. The Labute approximate surface area is 128 Å². The number of anilines is 1. The summed E-state index contributed by atoms with van der Waals surface area (Å²) in [4.78, 5) is 26.3. The van der Waals surface area contributed by atoms with Gasteiger partial charge in [-0.15, -0.1) is 0 Å². The monoisotopic (exact) mass is 302 g/mol. The van der Waals surface area contributed by atoms with Crippen molar-refractivity contribution in [2.45, 2.75) is 26.3 Å². The summed E-state index contributed by atoms with van der Waals surface area (Å²) in [5, 5.41) is 15.5. The lowest BCUT2D eigenvalue weighted by molar-refractivity contribution is -0.138.